The first-order chi connectivity index (χ1) is 51.4. The van der Waals surface area contributed by atoms with E-state index in [1.165, 1.54) is 0 Å². The Balaban J connectivity index is 0.867. The highest BCUT2D eigenvalue weighted by molar-refractivity contribution is 7.03. The highest BCUT2D eigenvalue weighted by atomic mass is 16.5. The van der Waals surface area contributed by atoms with Gasteiger partial charge in [0.2, 0.25) is 0 Å². The van der Waals surface area contributed by atoms with Gasteiger partial charge >= 0.3 is 0 Å². The second-order valence-electron chi connectivity index (χ2n) is 26.0. The van der Waals surface area contributed by atoms with E-state index in [0.29, 0.717) is 79.3 Å². The summed E-state index contributed by atoms with van der Waals surface area (Å²) >= 11 is 0. The molecule has 0 bridgehead atoms. The number of para-hydroxylation sites is 8. The lowest BCUT2D eigenvalue weighted by atomic mass is 9.30. The Morgan fingerprint density at radius 2 is 0.657 bits per heavy atom. The number of ether oxygens (including phenoxy) is 4. The molecule has 14 aromatic carbocycles. The number of nitrogens with one attached hydrogen (secondary N) is 1. The van der Waals surface area contributed by atoms with Gasteiger partial charge in [-0.05, 0) is 173 Å². The normalized spacial score (nSPS) is 14.0. The van der Waals surface area contributed by atoms with Gasteiger partial charge in [0.25, 0.3) is 20.1 Å². The Labute approximate surface area is 584 Å². The maximum Gasteiger partial charge on any atom is 0.260 e. The third-order valence-electron chi connectivity index (χ3n) is 20.0. The second kappa shape index (κ2) is 22.3. The summed E-state index contributed by atoms with van der Waals surface area (Å²) in [7, 11) is 0. The molecule has 6 heterocycles. The zero-order valence-corrected chi connectivity index (χ0v) is 54.1. The molecule has 0 radical (unpaired) electrons. The van der Waals surface area contributed by atoms with E-state index in [1.807, 2.05) is 239 Å². The SMILES string of the molecule is [2H]c1c2c3c(c([2H])c1N(c1ccccc1)c1ccccc1)Oc1ccccc1B3c1cc3c(cc1N2)Oc1c([2H])c(N(c2ccccc2)c2ccccc2)c([2H])c2c1B3c1cc3c(cc1O2)N(c1c(C)cc(C)cc1C)c1c([2H])c(N(c2ccccc2)c2ccccc2)c([2H])c2c1B3c1ccccc1O2. The van der Waals surface area contributed by atoms with E-state index in [-0.39, 0.29) is 53.4 Å². The van der Waals surface area contributed by atoms with Gasteiger partial charge in [-0.25, -0.2) is 0 Å². The van der Waals surface area contributed by atoms with Gasteiger partial charge in [-0.2, -0.15) is 0 Å². The first-order valence-electron chi connectivity index (χ1n) is 36.5. The number of nitrogens with zero attached hydrogens (tertiary/aromatic N) is 4. The molecule has 0 amide bonds. The number of hydrogen-bond acceptors (Lipinski definition) is 9. The molecule has 20 rings (SSSR count). The Kier molecular flexibility index (Phi) is 11.4. The summed E-state index contributed by atoms with van der Waals surface area (Å²) in [5, 5.41) is 3.79. The van der Waals surface area contributed by atoms with Crippen LogP contribution < -0.4 is 93.0 Å². The smallest absolute Gasteiger partial charge is 0.260 e. The molecule has 0 saturated heterocycles. The Morgan fingerprint density at radius 3 is 1.13 bits per heavy atom. The van der Waals surface area contributed by atoms with Crippen LogP contribution >= 0.6 is 0 Å². The summed E-state index contributed by atoms with van der Waals surface area (Å²) in [5.41, 5.74) is 18.4. The zero-order valence-electron chi connectivity index (χ0n) is 60.1. The van der Waals surface area contributed by atoms with Crippen LogP contribution in [-0.2, 0) is 0 Å². The summed E-state index contributed by atoms with van der Waals surface area (Å²) in [6, 6.07) is 88.1. The van der Waals surface area contributed by atoms with Gasteiger partial charge in [-0.15, -0.1) is 0 Å². The van der Waals surface area contributed by atoms with Crippen molar-refractivity contribution >= 4 is 149 Å². The molecule has 6 aliphatic rings. The Bertz CT molecular complexity index is 5870. The molecule has 6 aliphatic heterocycles. The molecule has 1 N–H and O–H groups in total. The van der Waals surface area contributed by atoms with Crippen LogP contribution in [0.1, 0.15) is 24.9 Å². The molecular weight excluding hydrogens is 1210 g/mol. The van der Waals surface area contributed by atoms with Gasteiger partial charge in [0, 0.05) is 98.6 Å². The van der Waals surface area contributed by atoms with E-state index in [1.54, 1.807) is 0 Å². The highest BCUT2D eigenvalue weighted by Crippen LogP contribution is 2.51. The largest absolute Gasteiger partial charge is 0.458 e. The third-order valence-corrected chi connectivity index (χ3v) is 20.0. The highest BCUT2D eigenvalue weighted by Gasteiger charge is 2.49. The Morgan fingerprint density at radius 1 is 0.293 bits per heavy atom. The van der Waals surface area contributed by atoms with Crippen molar-refractivity contribution in [2.75, 3.05) is 24.9 Å². The first-order valence-corrected chi connectivity index (χ1v) is 33.5. The van der Waals surface area contributed by atoms with Gasteiger partial charge < -0.3 is 43.9 Å². The minimum Gasteiger partial charge on any atom is -0.458 e. The van der Waals surface area contributed by atoms with Crippen molar-refractivity contribution < 1.29 is 27.2 Å². The third kappa shape index (κ3) is 8.98. The van der Waals surface area contributed by atoms with Crippen LogP contribution in [0.15, 0.2) is 303 Å². The van der Waals surface area contributed by atoms with Crippen LogP contribution in [0.5, 0.6) is 46.0 Å². The van der Waals surface area contributed by atoms with Crippen LogP contribution in [0.2, 0.25) is 0 Å². The minimum absolute atomic E-state index is 0.0238. The molecule has 99 heavy (non-hydrogen) atoms. The summed E-state index contributed by atoms with van der Waals surface area (Å²) in [5.74, 6) is 3.17. The average molecular weight is 1280 g/mol. The molecule has 0 unspecified atom stereocenters. The number of anilines is 14. The van der Waals surface area contributed by atoms with Crippen molar-refractivity contribution in [2.45, 2.75) is 20.8 Å². The van der Waals surface area contributed by atoms with E-state index >= 15 is 0 Å². The number of fused-ring (bicyclic) bond motifs is 12. The molecule has 466 valence electrons. The van der Waals surface area contributed by atoms with Crippen LogP contribution in [-0.4, -0.2) is 20.1 Å². The predicted octanol–water partition coefficient (Wildman–Crippen LogP) is 16.8. The van der Waals surface area contributed by atoms with E-state index in [2.05, 4.69) is 73.5 Å². The maximum absolute atomic E-state index is 11.0. The maximum atomic E-state index is 11.0. The topological polar surface area (TPSA) is 61.9 Å². The van der Waals surface area contributed by atoms with E-state index < -0.39 is 20.1 Å². The van der Waals surface area contributed by atoms with Gasteiger partial charge in [0.1, 0.15) is 46.0 Å². The summed E-state index contributed by atoms with van der Waals surface area (Å²) in [6.07, 6.45) is 0. The molecule has 0 aliphatic carbocycles. The minimum atomic E-state index is -0.761. The quantitative estimate of drug-likeness (QED) is 0.135. The molecule has 12 heteroatoms. The number of rotatable bonds is 10. The van der Waals surface area contributed by atoms with Crippen LogP contribution in [0.3, 0.4) is 0 Å². The van der Waals surface area contributed by atoms with Crippen LogP contribution in [0, 0.1) is 20.8 Å². The van der Waals surface area contributed by atoms with E-state index in [4.69, 9.17) is 18.9 Å². The number of benzene rings is 14. The molecule has 14 aromatic rings. The summed E-state index contributed by atoms with van der Waals surface area (Å²) in [4.78, 5) is 8.07. The average Bonchev–Trinajstić information content (AvgIpc) is 0.687. The molecule has 0 fully saturated rings. The number of hydrogen-bond donors (Lipinski definition) is 1. The lowest BCUT2D eigenvalue weighted by Crippen LogP contribution is -2.64. The fourth-order valence-electron chi connectivity index (χ4n) is 16.0. The lowest BCUT2D eigenvalue weighted by molar-refractivity contribution is 0.465. The first kappa shape index (κ1) is 50.8. The van der Waals surface area contributed by atoms with Crippen molar-refractivity contribution in [3.63, 3.8) is 0 Å². The van der Waals surface area contributed by atoms with E-state index in [0.717, 1.165) is 95.0 Å². The van der Waals surface area contributed by atoms with Crippen molar-refractivity contribution in [3.05, 3.63) is 320 Å². The summed E-state index contributed by atoms with van der Waals surface area (Å²) in [6.45, 7) is 4.38. The fourth-order valence-corrected chi connectivity index (χ4v) is 16.0. The summed E-state index contributed by atoms with van der Waals surface area (Å²) < 4.78 is 93.2. The molecule has 0 spiro atoms. The van der Waals surface area contributed by atoms with Crippen molar-refractivity contribution in [3.8, 4) is 46.0 Å². The second-order valence-corrected chi connectivity index (χ2v) is 26.0. The van der Waals surface area contributed by atoms with Crippen molar-refractivity contribution in [1.29, 1.82) is 0 Å². The molecule has 9 nitrogen and oxygen atoms in total. The van der Waals surface area contributed by atoms with Gasteiger partial charge in [-0.1, -0.05) is 175 Å². The predicted molar refractivity (Wildman–Crippen MR) is 409 cm³/mol. The molecule has 0 aromatic heterocycles. The lowest BCUT2D eigenvalue weighted by Gasteiger charge is -2.43. The Hall–Kier alpha value is -12.5. The van der Waals surface area contributed by atoms with Gasteiger partial charge in [0.05, 0.1) is 31.0 Å². The van der Waals surface area contributed by atoms with Gasteiger partial charge in [-0.3, -0.25) is 0 Å². The molecule has 0 saturated carbocycles. The fraction of sp³-hybridized carbons (Fsp3) is 0.0345. The van der Waals surface area contributed by atoms with Crippen molar-refractivity contribution in [1.82, 2.24) is 0 Å². The van der Waals surface area contributed by atoms with Crippen molar-refractivity contribution in [2.24, 2.45) is 0 Å². The van der Waals surface area contributed by atoms with Crippen LogP contribution in [0.25, 0.3) is 0 Å². The zero-order chi connectivity index (χ0) is 70.8. The van der Waals surface area contributed by atoms with Gasteiger partial charge in [0.15, 0.2) is 0 Å². The van der Waals surface area contributed by atoms with Crippen LogP contribution in [0.4, 0.5) is 79.6 Å². The molecular formula is C87H60B3N5O4. The molecule has 0 atom stereocenters. The standard InChI is InChI=1S/C87H60B3N5O4/c1-54-42-55(2)87(56(3)43-54)95-74-53-79-71(51-69(74)89-67-39-23-25-41-77(67)97-81-47-64(45-75(95)85(81)89)93(59-30-14-6-15-31-59)60-32-16-7-17-33-60)90-70-50-68-72(52-78(70)98-82-48-65(49-83(99-79)86(82)90)94(61-34-18-8-19-35-61)62-36-20-9-21-37-62)91-73-44-63(46-80-84(73)88(68)66-38-22-24-40-76(66)96-80)92(57-26-10-4-11-27-57)58-28-12-5-13-29-58/h4-53,91H,1-3H3/i44D,45D,46D,47D,48D,49D. The number of aryl methyl sites for hydroxylation is 3. The monoisotopic (exact) mass is 1280 g/mol. The van der Waals surface area contributed by atoms with E-state index in [9.17, 15) is 8.22 Å².